The lowest BCUT2D eigenvalue weighted by Gasteiger charge is -2.14. The van der Waals surface area contributed by atoms with Crippen molar-refractivity contribution in [2.45, 2.75) is 6.92 Å². The second-order valence-corrected chi connectivity index (χ2v) is 6.14. The Kier molecular flexibility index (Phi) is 2.74. The molecule has 2 heterocycles. The Morgan fingerprint density at radius 2 is 1.38 bits per heavy atom. The topological polar surface area (TPSA) is 17.3 Å². The molecule has 0 bridgehead atoms. The van der Waals surface area contributed by atoms with Gasteiger partial charge in [0.2, 0.25) is 0 Å². The Morgan fingerprint density at radius 1 is 0.708 bits per heavy atom. The summed E-state index contributed by atoms with van der Waals surface area (Å²) >= 11 is 0. The quantitative estimate of drug-likeness (QED) is 0.393. The zero-order valence-electron chi connectivity index (χ0n) is 13.4. The van der Waals surface area contributed by atoms with Crippen molar-refractivity contribution in [3.05, 3.63) is 84.4 Å². The van der Waals surface area contributed by atoms with Crippen LogP contribution < -0.4 is 0 Å². The summed E-state index contributed by atoms with van der Waals surface area (Å²) in [5.74, 6) is 0. The predicted octanol–water partition coefficient (Wildman–Crippen LogP) is 5.62. The Hall–Kier alpha value is -3.13. The van der Waals surface area contributed by atoms with Gasteiger partial charge >= 0.3 is 0 Å². The van der Waals surface area contributed by atoms with Crippen LogP contribution in [0.25, 0.3) is 38.7 Å². The van der Waals surface area contributed by atoms with Gasteiger partial charge in [0, 0.05) is 10.9 Å². The highest BCUT2D eigenvalue weighted by Crippen LogP contribution is 2.35. The minimum Gasteiger partial charge on any atom is -0.292 e. The highest BCUT2D eigenvalue weighted by molar-refractivity contribution is 6.02. The molecule has 0 saturated heterocycles. The molecule has 0 spiro atoms. The third-order valence-corrected chi connectivity index (χ3v) is 4.75. The summed E-state index contributed by atoms with van der Waals surface area (Å²) in [6, 6.07) is 27.5. The van der Waals surface area contributed by atoms with Crippen LogP contribution in [0, 0.1) is 6.92 Å². The van der Waals surface area contributed by atoms with E-state index in [-0.39, 0.29) is 0 Å². The molecule has 0 unspecified atom stereocenters. The van der Waals surface area contributed by atoms with Crippen molar-refractivity contribution in [2.75, 3.05) is 0 Å². The molecular weight excluding hydrogens is 292 g/mol. The smallest absolute Gasteiger partial charge is 0.142 e. The average molecular weight is 308 g/mol. The molecule has 2 heteroatoms. The fourth-order valence-corrected chi connectivity index (χ4v) is 3.69. The monoisotopic (exact) mass is 308 g/mol. The predicted molar refractivity (Wildman–Crippen MR) is 100 cm³/mol. The van der Waals surface area contributed by atoms with Crippen LogP contribution in [0.3, 0.4) is 0 Å². The Morgan fingerprint density at radius 3 is 2.21 bits per heavy atom. The van der Waals surface area contributed by atoms with Crippen molar-refractivity contribution < 1.29 is 0 Å². The van der Waals surface area contributed by atoms with Gasteiger partial charge in [0.1, 0.15) is 5.65 Å². The van der Waals surface area contributed by atoms with Crippen molar-refractivity contribution in [3.8, 4) is 11.1 Å². The molecule has 3 aromatic carbocycles. The van der Waals surface area contributed by atoms with E-state index in [0.717, 1.165) is 16.7 Å². The van der Waals surface area contributed by atoms with Gasteiger partial charge < -0.3 is 0 Å². The molecule has 24 heavy (non-hydrogen) atoms. The minimum absolute atomic E-state index is 1.04. The number of benzene rings is 3. The molecule has 2 aromatic heterocycles. The third kappa shape index (κ3) is 1.74. The highest BCUT2D eigenvalue weighted by atomic mass is 15.0. The number of aryl methyl sites for hydroxylation is 1. The van der Waals surface area contributed by atoms with Gasteiger partial charge in [-0.2, -0.15) is 0 Å². The zero-order chi connectivity index (χ0) is 16.1. The van der Waals surface area contributed by atoms with Crippen LogP contribution in [0.2, 0.25) is 0 Å². The molecule has 0 amide bonds. The second kappa shape index (κ2) is 4.93. The van der Waals surface area contributed by atoms with Gasteiger partial charge in [-0.1, -0.05) is 60.7 Å². The summed E-state index contributed by atoms with van der Waals surface area (Å²) in [5, 5.41) is 1.26. The van der Waals surface area contributed by atoms with Gasteiger partial charge in [0.25, 0.3) is 0 Å². The van der Waals surface area contributed by atoms with Crippen LogP contribution >= 0.6 is 0 Å². The molecule has 114 valence electrons. The van der Waals surface area contributed by atoms with E-state index in [1.807, 2.05) is 6.07 Å². The Labute approximate surface area is 140 Å². The molecule has 0 N–H and O–H groups in total. The van der Waals surface area contributed by atoms with Gasteiger partial charge in [0.15, 0.2) is 0 Å². The van der Waals surface area contributed by atoms with E-state index < -0.39 is 0 Å². The summed E-state index contributed by atoms with van der Waals surface area (Å²) in [4.78, 5) is 4.91. The van der Waals surface area contributed by atoms with Crippen molar-refractivity contribution >= 4 is 27.6 Å². The summed E-state index contributed by atoms with van der Waals surface area (Å²) in [6.45, 7) is 2.18. The molecule has 0 aliphatic carbocycles. The zero-order valence-corrected chi connectivity index (χ0v) is 13.4. The van der Waals surface area contributed by atoms with Crippen molar-refractivity contribution in [3.63, 3.8) is 0 Å². The summed E-state index contributed by atoms with van der Waals surface area (Å²) < 4.78 is 2.28. The molecule has 0 radical (unpaired) electrons. The first kappa shape index (κ1) is 13.3. The number of imidazole rings is 1. The molecule has 0 aliphatic rings. The number of hydrogen-bond acceptors (Lipinski definition) is 1. The third-order valence-electron chi connectivity index (χ3n) is 4.75. The molecular formula is C22H16N2. The van der Waals surface area contributed by atoms with E-state index >= 15 is 0 Å². The van der Waals surface area contributed by atoms with Crippen molar-refractivity contribution in [1.82, 2.24) is 9.38 Å². The molecule has 2 nitrogen and oxygen atoms in total. The molecule has 0 fully saturated rings. The Balaban J connectivity index is 2.07. The summed E-state index contributed by atoms with van der Waals surface area (Å²) in [5.41, 5.74) is 8.16. The summed E-state index contributed by atoms with van der Waals surface area (Å²) in [6.07, 6.45) is 0. The average Bonchev–Trinajstić information content (AvgIpc) is 3.03. The van der Waals surface area contributed by atoms with Gasteiger partial charge in [-0.3, -0.25) is 4.40 Å². The maximum Gasteiger partial charge on any atom is 0.142 e. The second-order valence-electron chi connectivity index (χ2n) is 6.14. The number of pyridine rings is 1. The van der Waals surface area contributed by atoms with E-state index in [4.69, 9.17) is 4.98 Å². The number of rotatable bonds is 1. The number of aromatic nitrogens is 2. The number of hydrogen-bond donors (Lipinski definition) is 0. The SMILES string of the molecule is Cc1c(-c2ccccc2)c2ccccc2n2c1nc1ccccc12. The molecule has 5 aromatic rings. The maximum atomic E-state index is 4.91. The van der Waals surface area contributed by atoms with Gasteiger partial charge in [-0.25, -0.2) is 4.98 Å². The van der Waals surface area contributed by atoms with Crippen molar-refractivity contribution in [1.29, 1.82) is 0 Å². The van der Waals surface area contributed by atoms with Crippen LogP contribution in [0.15, 0.2) is 78.9 Å². The minimum atomic E-state index is 1.04. The summed E-state index contributed by atoms with van der Waals surface area (Å²) in [7, 11) is 0. The van der Waals surface area contributed by atoms with Gasteiger partial charge in [-0.15, -0.1) is 0 Å². The fraction of sp³-hybridized carbons (Fsp3) is 0.0455. The maximum absolute atomic E-state index is 4.91. The fourth-order valence-electron chi connectivity index (χ4n) is 3.69. The normalized spacial score (nSPS) is 11.5. The molecule has 0 atom stereocenters. The van der Waals surface area contributed by atoms with Crippen LogP contribution in [0.5, 0.6) is 0 Å². The Bertz CT molecular complexity index is 1200. The largest absolute Gasteiger partial charge is 0.292 e. The lowest BCUT2D eigenvalue weighted by Crippen LogP contribution is -1.96. The molecule has 5 rings (SSSR count). The standard InChI is InChI=1S/C22H16N2/c1-15-21(16-9-3-2-4-10-16)17-11-5-7-13-19(17)24-20-14-8-6-12-18(20)23-22(15)24/h2-14H,1H3. The van der Waals surface area contributed by atoms with Gasteiger partial charge in [0.05, 0.1) is 16.6 Å². The first-order valence-corrected chi connectivity index (χ1v) is 8.18. The lowest BCUT2D eigenvalue weighted by atomic mass is 9.96. The van der Waals surface area contributed by atoms with E-state index in [0.29, 0.717) is 0 Å². The van der Waals surface area contributed by atoms with E-state index in [9.17, 15) is 0 Å². The van der Waals surface area contributed by atoms with Crippen LogP contribution in [-0.4, -0.2) is 9.38 Å². The first-order chi connectivity index (χ1) is 11.8. The highest BCUT2D eigenvalue weighted by Gasteiger charge is 2.16. The van der Waals surface area contributed by atoms with E-state index in [1.165, 1.54) is 27.6 Å². The van der Waals surface area contributed by atoms with E-state index in [2.05, 4.69) is 84.1 Å². The van der Waals surface area contributed by atoms with E-state index in [1.54, 1.807) is 0 Å². The first-order valence-electron chi connectivity index (χ1n) is 8.18. The van der Waals surface area contributed by atoms with Gasteiger partial charge in [-0.05, 0) is 36.2 Å². The van der Waals surface area contributed by atoms with Crippen molar-refractivity contribution in [2.24, 2.45) is 0 Å². The molecule has 0 aliphatic heterocycles. The van der Waals surface area contributed by atoms with Crippen LogP contribution in [-0.2, 0) is 0 Å². The molecule has 0 saturated carbocycles. The number of fused-ring (bicyclic) bond motifs is 5. The van der Waals surface area contributed by atoms with Crippen LogP contribution in [0.4, 0.5) is 0 Å². The number of nitrogens with zero attached hydrogens (tertiary/aromatic N) is 2. The van der Waals surface area contributed by atoms with Crippen LogP contribution in [0.1, 0.15) is 5.56 Å². The lowest BCUT2D eigenvalue weighted by molar-refractivity contribution is 1.26. The number of para-hydroxylation sites is 3.